The standard InChI is InChI=1S/C33H48FN5O2/c1-6-31(40)13-8-25(3)22-35-27(5)26(4)23-36-33(32(41)7-2)39-20-18-38(19-21-39)30-14-16-37(17-15-30)24-28-9-11-29(34)12-10-28/h6-13,23,30,33,35-36,40-41H,3,5,14-22,24H2,1-2,4H3/b13-8-,26-23+,31-6+,32-7+. The van der Waals surface area contributed by atoms with Crippen molar-refractivity contribution in [1.29, 1.82) is 0 Å². The molecule has 1 aromatic rings. The molecule has 2 aliphatic heterocycles. The van der Waals surface area contributed by atoms with Gasteiger partial charge >= 0.3 is 0 Å². The molecule has 2 saturated heterocycles. The maximum absolute atomic E-state index is 13.2. The quantitative estimate of drug-likeness (QED) is 0.189. The second kappa shape index (κ2) is 16.2. The van der Waals surface area contributed by atoms with Crippen LogP contribution in [-0.4, -0.2) is 82.9 Å². The molecule has 1 atom stereocenters. The van der Waals surface area contributed by atoms with Crippen molar-refractivity contribution < 1.29 is 14.6 Å². The number of rotatable bonds is 13. The molecule has 0 amide bonds. The van der Waals surface area contributed by atoms with E-state index in [0.717, 1.165) is 81.1 Å². The Morgan fingerprint density at radius 2 is 1.66 bits per heavy atom. The van der Waals surface area contributed by atoms with E-state index >= 15 is 0 Å². The lowest BCUT2D eigenvalue weighted by Gasteiger charge is -2.44. The molecule has 2 aliphatic rings. The van der Waals surface area contributed by atoms with Crippen LogP contribution in [0.25, 0.3) is 0 Å². The predicted octanol–water partition coefficient (Wildman–Crippen LogP) is 5.37. The fourth-order valence-electron chi connectivity index (χ4n) is 5.20. The van der Waals surface area contributed by atoms with Crippen molar-refractivity contribution in [1.82, 2.24) is 25.3 Å². The lowest BCUT2D eigenvalue weighted by molar-refractivity contribution is 0.0361. The number of benzene rings is 1. The van der Waals surface area contributed by atoms with Gasteiger partial charge in [0.15, 0.2) is 0 Å². The zero-order valence-corrected chi connectivity index (χ0v) is 25.0. The highest BCUT2D eigenvalue weighted by molar-refractivity contribution is 5.28. The van der Waals surface area contributed by atoms with E-state index < -0.39 is 0 Å². The van der Waals surface area contributed by atoms with Crippen molar-refractivity contribution >= 4 is 0 Å². The van der Waals surface area contributed by atoms with Gasteiger partial charge in [-0.1, -0.05) is 31.4 Å². The van der Waals surface area contributed by atoms with Crippen LogP contribution < -0.4 is 10.6 Å². The van der Waals surface area contributed by atoms with Gasteiger partial charge in [0.1, 0.15) is 23.5 Å². The summed E-state index contributed by atoms with van der Waals surface area (Å²) >= 11 is 0. The van der Waals surface area contributed by atoms with Crippen LogP contribution in [0, 0.1) is 5.82 Å². The van der Waals surface area contributed by atoms with Crippen molar-refractivity contribution in [2.24, 2.45) is 0 Å². The summed E-state index contributed by atoms with van der Waals surface area (Å²) in [4.78, 5) is 7.35. The molecule has 0 aromatic heterocycles. The molecule has 4 N–H and O–H groups in total. The number of likely N-dealkylation sites (tertiary alicyclic amines) is 1. The van der Waals surface area contributed by atoms with Gasteiger partial charge in [-0.25, -0.2) is 4.39 Å². The lowest BCUT2D eigenvalue weighted by Crippen LogP contribution is -2.57. The third-order valence-electron chi connectivity index (χ3n) is 7.93. The van der Waals surface area contributed by atoms with Gasteiger partial charge < -0.3 is 20.8 Å². The monoisotopic (exact) mass is 565 g/mol. The van der Waals surface area contributed by atoms with E-state index in [1.54, 1.807) is 31.2 Å². The number of nitrogens with one attached hydrogen (secondary N) is 2. The van der Waals surface area contributed by atoms with Gasteiger partial charge in [-0.15, -0.1) is 0 Å². The normalized spacial score (nSPS) is 19.9. The van der Waals surface area contributed by atoms with Gasteiger partial charge in [0.25, 0.3) is 0 Å². The van der Waals surface area contributed by atoms with E-state index in [4.69, 9.17) is 0 Å². The highest BCUT2D eigenvalue weighted by atomic mass is 19.1. The first-order valence-electron chi connectivity index (χ1n) is 14.6. The Balaban J connectivity index is 1.45. The maximum Gasteiger partial charge on any atom is 0.138 e. The van der Waals surface area contributed by atoms with Gasteiger partial charge in [0.05, 0.1) is 0 Å². The minimum Gasteiger partial charge on any atom is -0.509 e. The van der Waals surface area contributed by atoms with E-state index in [2.05, 4.69) is 38.5 Å². The van der Waals surface area contributed by atoms with Gasteiger partial charge in [-0.2, -0.15) is 0 Å². The molecule has 1 unspecified atom stereocenters. The molecule has 0 bridgehead atoms. The predicted molar refractivity (Wildman–Crippen MR) is 167 cm³/mol. The molecule has 3 rings (SSSR count). The zero-order chi connectivity index (χ0) is 29.8. The van der Waals surface area contributed by atoms with Crippen molar-refractivity contribution in [2.45, 2.75) is 52.4 Å². The van der Waals surface area contributed by atoms with Gasteiger partial charge in [-0.05, 0) is 93.8 Å². The van der Waals surface area contributed by atoms with E-state index in [0.29, 0.717) is 18.3 Å². The van der Waals surface area contributed by atoms with E-state index in [9.17, 15) is 14.6 Å². The first-order valence-corrected chi connectivity index (χ1v) is 14.6. The third kappa shape index (κ3) is 10.2. The minimum absolute atomic E-state index is 0.185. The molecule has 2 heterocycles. The smallest absolute Gasteiger partial charge is 0.138 e. The maximum atomic E-state index is 13.2. The van der Waals surface area contributed by atoms with Crippen LogP contribution in [0.2, 0.25) is 0 Å². The van der Waals surface area contributed by atoms with Crippen LogP contribution in [0.3, 0.4) is 0 Å². The van der Waals surface area contributed by atoms with Gasteiger partial charge in [0, 0.05) is 57.2 Å². The zero-order valence-electron chi connectivity index (χ0n) is 25.0. The second-order valence-corrected chi connectivity index (χ2v) is 10.9. The van der Waals surface area contributed by atoms with Crippen LogP contribution in [-0.2, 0) is 6.54 Å². The summed E-state index contributed by atoms with van der Waals surface area (Å²) in [6.07, 6.45) is 10.6. The average Bonchev–Trinajstić information content (AvgIpc) is 3.00. The molecule has 224 valence electrons. The number of piperidine rings is 1. The summed E-state index contributed by atoms with van der Waals surface area (Å²) in [5.74, 6) is 0.317. The van der Waals surface area contributed by atoms with Gasteiger partial charge in [-0.3, -0.25) is 14.7 Å². The highest BCUT2D eigenvalue weighted by Gasteiger charge is 2.30. The first-order chi connectivity index (χ1) is 19.7. The Morgan fingerprint density at radius 1 is 1.00 bits per heavy atom. The number of nitrogens with zero attached hydrogens (tertiary/aromatic N) is 3. The molecule has 0 saturated carbocycles. The average molecular weight is 566 g/mol. The molecule has 2 fully saturated rings. The van der Waals surface area contributed by atoms with Crippen molar-refractivity contribution in [3.05, 3.63) is 108 Å². The van der Waals surface area contributed by atoms with Crippen LogP contribution in [0.15, 0.2) is 96.3 Å². The Labute approximate surface area is 245 Å². The van der Waals surface area contributed by atoms with Crippen LogP contribution >= 0.6 is 0 Å². The molecule has 0 radical (unpaired) electrons. The summed E-state index contributed by atoms with van der Waals surface area (Å²) in [5, 5.41) is 26.9. The number of aliphatic hydroxyl groups is 2. The molecule has 0 spiro atoms. The third-order valence-corrected chi connectivity index (χ3v) is 7.93. The lowest BCUT2D eigenvalue weighted by atomic mass is 10.0. The van der Waals surface area contributed by atoms with E-state index in [1.165, 1.54) is 12.1 Å². The fraction of sp³-hybridized carbons (Fsp3) is 0.455. The van der Waals surface area contributed by atoms with Crippen LogP contribution in [0.4, 0.5) is 4.39 Å². The van der Waals surface area contributed by atoms with Gasteiger partial charge in [0.2, 0.25) is 0 Å². The summed E-state index contributed by atoms with van der Waals surface area (Å²) in [5.41, 5.74) is 3.67. The summed E-state index contributed by atoms with van der Waals surface area (Å²) in [6.45, 7) is 20.9. The first kappa shape index (κ1) is 32.2. The Morgan fingerprint density at radius 3 is 2.27 bits per heavy atom. The topological polar surface area (TPSA) is 74.2 Å². The number of halogens is 1. The highest BCUT2D eigenvalue weighted by Crippen LogP contribution is 2.21. The largest absolute Gasteiger partial charge is 0.509 e. The summed E-state index contributed by atoms with van der Waals surface area (Å²) in [6, 6.07) is 7.41. The molecule has 41 heavy (non-hydrogen) atoms. The van der Waals surface area contributed by atoms with Crippen molar-refractivity contribution in [3.8, 4) is 0 Å². The molecular formula is C33H48FN5O2. The number of allylic oxidation sites excluding steroid dienone is 4. The second-order valence-electron chi connectivity index (χ2n) is 10.9. The molecule has 0 aliphatic carbocycles. The molecule has 7 nitrogen and oxygen atoms in total. The van der Waals surface area contributed by atoms with E-state index in [1.807, 2.05) is 32.2 Å². The Bertz CT molecular complexity index is 1120. The summed E-state index contributed by atoms with van der Waals surface area (Å²) in [7, 11) is 0. The number of hydrogen-bond acceptors (Lipinski definition) is 7. The number of aliphatic hydroxyl groups excluding tert-OH is 2. The number of piperazine rings is 1. The van der Waals surface area contributed by atoms with E-state index in [-0.39, 0.29) is 17.7 Å². The SMILES string of the molecule is C=C(/C=C\C(O)=C/C)CNC(=C)/C(C)=C/NC(/C(O)=C\C)N1CCN(C2CCN(Cc3ccc(F)cc3)CC2)CC1. The molecule has 1 aromatic carbocycles. The Hall–Kier alpha value is -3.33. The molecule has 8 heteroatoms. The van der Waals surface area contributed by atoms with Crippen molar-refractivity contribution in [3.63, 3.8) is 0 Å². The van der Waals surface area contributed by atoms with Crippen LogP contribution in [0.1, 0.15) is 39.2 Å². The molecular weight excluding hydrogens is 517 g/mol. The van der Waals surface area contributed by atoms with Crippen LogP contribution in [0.5, 0.6) is 0 Å². The summed E-state index contributed by atoms with van der Waals surface area (Å²) < 4.78 is 13.2. The number of hydrogen-bond donors (Lipinski definition) is 4. The fourth-order valence-corrected chi connectivity index (χ4v) is 5.20. The Kier molecular flexibility index (Phi) is 12.7. The minimum atomic E-state index is -0.302. The van der Waals surface area contributed by atoms with Crippen molar-refractivity contribution in [2.75, 3.05) is 45.8 Å².